The minimum atomic E-state index is 0.845. The number of anilines is 1. The molecule has 0 aliphatic rings. The minimum absolute atomic E-state index is 0.845. The van der Waals surface area contributed by atoms with Crippen LogP contribution in [0.15, 0.2) is 97.1 Å². The van der Waals surface area contributed by atoms with Crippen molar-refractivity contribution in [3.8, 4) is 0 Å². The van der Waals surface area contributed by atoms with Crippen LogP contribution in [0.4, 0.5) is 5.69 Å². The van der Waals surface area contributed by atoms with E-state index in [2.05, 4.69) is 104 Å². The first-order valence-corrected chi connectivity index (χ1v) is 10.5. The van der Waals surface area contributed by atoms with E-state index >= 15 is 0 Å². The monoisotopic (exact) mass is 387 g/mol. The summed E-state index contributed by atoms with van der Waals surface area (Å²) in [6.07, 6.45) is 1.69. The number of fused-ring (bicyclic) bond motifs is 2. The number of aryl methyl sites for hydroxylation is 1. The Kier molecular flexibility index (Phi) is 4.72. The van der Waals surface area contributed by atoms with Crippen LogP contribution in [0, 0.1) is 6.92 Å². The van der Waals surface area contributed by atoms with Gasteiger partial charge in [-0.15, -0.1) is 0 Å². The standard InChI is InChI=1S/C29H25N/c1-20-16-25(18-23-12-6-10-21-8-2-4-14-27(21)23)29(30)26(17-20)19-24-13-7-11-22-9-3-5-15-28(22)24/h2-17H,18-19,30H2,1H3. The highest BCUT2D eigenvalue weighted by atomic mass is 14.6. The molecule has 0 saturated heterocycles. The molecular formula is C29H25N. The van der Waals surface area contributed by atoms with Crippen LogP contribution in [0.5, 0.6) is 0 Å². The predicted molar refractivity (Wildman–Crippen MR) is 129 cm³/mol. The van der Waals surface area contributed by atoms with Gasteiger partial charge in [0.05, 0.1) is 0 Å². The maximum Gasteiger partial charge on any atom is 0.0386 e. The summed E-state index contributed by atoms with van der Waals surface area (Å²) in [7, 11) is 0. The molecule has 0 aromatic heterocycles. The third-order valence-corrected chi connectivity index (χ3v) is 6.02. The molecule has 0 saturated carbocycles. The molecule has 0 aliphatic heterocycles. The van der Waals surface area contributed by atoms with Crippen LogP contribution < -0.4 is 5.73 Å². The van der Waals surface area contributed by atoms with Crippen LogP contribution in [0.3, 0.4) is 0 Å². The van der Waals surface area contributed by atoms with Crippen LogP contribution in [-0.2, 0) is 12.8 Å². The van der Waals surface area contributed by atoms with Crippen LogP contribution in [-0.4, -0.2) is 0 Å². The Labute approximate surface area is 177 Å². The Morgan fingerprint density at radius 1 is 0.533 bits per heavy atom. The van der Waals surface area contributed by atoms with Crippen molar-refractivity contribution in [2.45, 2.75) is 19.8 Å². The zero-order valence-electron chi connectivity index (χ0n) is 17.2. The van der Waals surface area contributed by atoms with E-state index in [9.17, 15) is 0 Å². The van der Waals surface area contributed by atoms with E-state index in [0.29, 0.717) is 0 Å². The van der Waals surface area contributed by atoms with Gasteiger partial charge in [-0.3, -0.25) is 0 Å². The van der Waals surface area contributed by atoms with E-state index in [4.69, 9.17) is 5.73 Å². The molecule has 0 amide bonds. The van der Waals surface area contributed by atoms with Gasteiger partial charge in [0.1, 0.15) is 0 Å². The summed E-state index contributed by atoms with van der Waals surface area (Å²) in [5.41, 5.74) is 14.0. The molecule has 5 aromatic carbocycles. The molecule has 2 N–H and O–H groups in total. The van der Waals surface area contributed by atoms with Gasteiger partial charge < -0.3 is 5.73 Å². The van der Waals surface area contributed by atoms with Gasteiger partial charge in [0.2, 0.25) is 0 Å². The van der Waals surface area contributed by atoms with Gasteiger partial charge in [0.25, 0.3) is 0 Å². The second kappa shape index (κ2) is 7.68. The fourth-order valence-corrected chi connectivity index (χ4v) is 4.55. The third-order valence-electron chi connectivity index (χ3n) is 6.02. The fourth-order valence-electron chi connectivity index (χ4n) is 4.55. The summed E-state index contributed by atoms with van der Waals surface area (Å²) in [6, 6.07) is 34.7. The van der Waals surface area contributed by atoms with E-state index < -0.39 is 0 Å². The SMILES string of the molecule is Cc1cc(Cc2cccc3ccccc23)c(N)c(Cc2cccc3ccccc23)c1. The van der Waals surface area contributed by atoms with Gasteiger partial charge in [-0.25, -0.2) is 0 Å². The average molecular weight is 388 g/mol. The third kappa shape index (κ3) is 3.44. The van der Waals surface area contributed by atoms with Gasteiger partial charge in [0.15, 0.2) is 0 Å². The van der Waals surface area contributed by atoms with Crippen molar-refractivity contribution >= 4 is 27.2 Å². The molecule has 0 bridgehead atoms. The molecule has 0 fully saturated rings. The molecule has 5 aromatic rings. The second-order valence-electron chi connectivity index (χ2n) is 8.13. The number of hydrogen-bond acceptors (Lipinski definition) is 1. The Morgan fingerprint density at radius 2 is 0.967 bits per heavy atom. The Balaban J connectivity index is 1.55. The molecule has 5 rings (SSSR count). The normalized spacial score (nSPS) is 11.2. The molecule has 1 nitrogen and oxygen atoms in total. The highest BCUT2D eigenvalue weighted by Crippen LogP contribution is 2.29. The molecule has 0 aliphatic carbocycles. The van der Waals surface area contributed by atoms with Crippen molar-refractivity contribution in [1.29, 1.82) is 0 Å². The number of nitrogens with two attached hydrogens (primary N) is 1. The maximum atomic E-state index is 6.74. The lowest BCUT2D eigenvalue weighted by Gasteiger charge is -2.15. The van der Waals surface area contributed by atoms with Crippen molar-refractivity contribution in [3.05, 3.63) is 125 Å². The summed E-state index contributed by atoms with van der Waals surface area (Å²) < 4.78 is 0. The summed E-state index contributed by atoms with van der Waals surface area (Å²) in [5, 5.41) is 5.16. The lowest BCUT2D eigenvalue weighted by molar-refractivity contribution is 1.15. The highest BCUT2D eigenvalue weighted by Gasteiger charge is 2.11. The molecule has 0 heterocycles. The van der Waals surface area contributed by atoms with Crippen LogP contribution in [0.1, 0.15) is 27.8 Å². The first-order valence-electron chi connectivity index (χ1n) is 10.5. The predicted octanol–water partition coefficient (Wildman–Crippen LogP) is 7.07. The van der Waals surface area contributed by atoms with Crippen molar-refractivity contribution in [1.82, 2.24) is 0 Å². The van der Waals surface area contributed by atoms with E-state index in [1.807, 2.05) is 0 Å². The highest BCUT2D eigenvalue weighted by molar-refractivity contribution is 5.87. The molecular weight excluding hydrogens is 362 g/mol. The largest absolute Gasteiger partial charge is 0.398 e. The topological polar surface area (TPSA) is 26.0 Å². The number of benzene rings is 5. The second-order valence-corrected chi connectivity index (χ2v) is 8.13. The molecule has 0 unspecified atom stereocenters. The number of rotatable bonds is 4. The van der Waals surface area contributed by atoms with E-state index in [1.54, 1.807) is 0 Å². The van der Waals surface area contributed by atoms with E-state index in [1.165, 1.54) is 49.4 Å². The van der Waals surface area contributed by atoms with Crippen molar-refractivity contribution in [3.63, 3.8) is 0 Å². The summed E-state index contributed by atoms with van der Waals surface area (Å²) in [4.78, 5) is 0. The smallest absolute Gasteiger partial charge is 0.0386 e. The van der Waals surface area contributed by atoms with Crippen molar-refractivity contribution in [2.24, 2.45) is 0 Å². The summed E-state index contributed by atoms with van der Waals surface area (Å²) in [5.74, 6) is 0. The van der Waals surface area contributed by atoms with Gasteiger partial charge in [-0.2, -0.15) is 0 Å². The molecule has 0 atom stereocenters. The van der Waals surface area contributed by atoms with Gasteiger partial charge >= 0.3 is 0 Å². The quantitative estimate of drug-likeness (QED) is 0.328. The molecule has 0 radical (unpaired) electrons. The molecule has 30 heavy (non-hydrogen) atoms. The zero-order chi connectivity index (χ0) is 20.5. The Morgan fingerprint density at radius 3 is 1.47 bits per heavy atom. The average Bonchev–Trinajstić information content (AvgIpc) is 2.77. The van der Waals surface area contributed by atoms with Gasteiger partial charge in [-0.1, -0.05) is 103 Å². The number of hydrogen-bond donors (Lipinski definition) is 1. The van der Waals surface area contributed by atoms with E-state index in [0.717, 1.165) is 18.5 Å². The fraction of sp³-hybridized carbons (Fsp3) is 0.103. The molecule has 1 heteroatoms. The Hall–Kier alpha value is -3.58. The van der Waals surface area contributed by atoms with Crippen LogP contribution in [0.25, 0.3) is 21.5 Å². The van der Waals surface area contributed by atoms with E-state index in [-0.39, 0.29) is 0 Å². The van der Waals surface area contributed by atoms with Gasteiger partial charge in [0, 0.05) is 18.5 Å². The van der Waals surface area contributed by atoms with Crippen molar-refractivity contribution < 1.29 is 0 Å². The number of nitrogen functional groups attached to an aromatic ring is 1. The Bertz CT molecular complexity index is 1250. The van der Waals surface area contributed by atoms with Crippen LogP contribution >= 0.6 is 0 Å². The minimum Gasteiger partial charge on any atom is -0.398 e. The summed E-state index contributed by atoms with van der Waals surface area (Å²) in [6.45, 7) is 2.17. The zero-order valence-corrected chi connectivity index (χ0v) is 17.2. The van der Waals surface area contributed by atoms with Gasteiger partial charge in [-0.05, 0) is 50.7 Å². The lowest BCUT2D eigenvalue weighted by Crippen LogP contribution is -2.03. The molecule has 0 spiro atoms. The lowest BCUT2D eigenvalue weighted by atomic mass is 9.91. The maximum absolute atomic E-state index is 6.74. The molecule has 146 valence electrons. The van der Waals surface area contributed by atoms with Crippen LogP contribution in [0.2, 0.25) is 0 Å². The first-order chi connectivity index (χ1) is 14.7. The summed E-state index contributed by atoms with van der Waals surface area (Å²) >= 11 is 0. The first kappa shape index (κ1) is 18.4. The van der Waals surface area contributed by atoms with Crippen molar-refractivity contribution in [2.75, 3.05) is 5.73 Å².